The zero-order chi connectivity index (χ0) is 12.1. The van der Waals surface area contributed by atoms with Crippen LogP contribution in [0.5, 0.6) is 0 Å². The van der Waals surface area contributed by atoms with Crippen molar-refractivity contribution in [2.24, 2.45) is 0 Å². The van der Waals surface area contributed by atoms with Crippen molar-refractivity contribution in [3.05, 3.63) is 60.7 Å². The molecule has 0 N–H and O–H groups in total. The largest absolute Gasteiger partial charge is 0.306 e. The average molecular weight is 243 g/mol. The fourth-order valence-corrected chi connectivity index (χ4v) is 2.15. The van der Waals surface area contributed by atoms with Gasteiger partial charge in [-0.3, -0.25) is 4.79 Å². The van der Waals surface area contributed by atoms with Gasteiger partial charge in [0.1, 0.15) is 0 Å². The van der Waals surface area contributed by atoms with Crippen LogP contribution in [0.2, 0.25) is 0 Å². The first kappa shape index (κ1) is 11.7. The van der Waals surface area contributed by atoms with Gasteiger partial charge in [-0.15, -0.1) is 0 Å². The molecule has 0 unspecified atom stereocenters. The van der Waals surface area contributed by atoms with Crippen LogP contribution in [0.1, 0.15) is 0 Å². The Hall–Kier alpha value is -1.74. The van der Waals surface area contributed by atoms with Crippen LogP contribution in [0, 0.1) is 0 Å². The maximum absolute atomic E-state index is 12.0. The van der Waals surface area contributed by atoms with E-state index in [1.54, 1.807) is 11.9 Å². The molecule has 2 aromatic rings. The van der Waals surface area contributed by atoms with Crippen molar-refractivity contribution < 1.29 is 4.79 Å². The summed E-state index contributed by atoms with van der Waals surface area (Å²) in [6.07, 6.45) is 0. The average Bonchev–Trinajstić information content (AvgIpc) is 2.40. The van der Waals surface area contributed by atoms with Crippen molar-refractivity contribution in [2.75, 3.05) is 11.9 Å². The maximum atomic E-state index is 12.0. The molecule has 0 aliphatic carbocycles. The lowest BCUT2D eigenvalue weighted by Gasteiger charge is -2.16. The molecule has 86 valence electrons. The van der Waals surface area contributed by atoms with E-state index in [0.717, 1.165) is 10.6 Å². The third-order valence-corrected chi connectivity index (χ3v) is 3.32. The van der Waals surface area contributed by atoms with Crippen molar-refractivity contribution in [2.45, 2.75) is 4.90 Å². The van der Waals surface area contributed by atoms with Gasteiger partial charge < -0.3 is 4.90 Å². The standard InChI is InChI=1S/C14H13NOS/c1-15(12-8-4-2-5-9-12)14(16)17-13-10-6-3-7-11-13/h2-11H,1H3. The SMILES string of the molecule is CN(C(=O)Sc1ccccc1)c1ccccc1. The summed E-state index contributed by atoms with van der Waals surface area (Å²) in [4.78, 5) is 14.6. The van der Waals surface area contributed by atoms with Gasteiger partial charge in [0.25, 0.3) is 5.24 Å². The number of benzene rings is 2. The fraction of sp³-hybridized carbons (Fsp3) is 0.0714. The molecule has 0 aromatic heterocycles. The van der Waals surface area contributed by atoms with Gasteiger partial charge >= 0.3 is 0 Å². The highest BCUT2D eigenvalue weighted by Crippen LogP contribution is 2.23. The van der Waals surface area contributed by atoms with Gasteiger partial charge in [-0.25, -0.2) is 0 Å². The summed E-state index contributed by atoms with van der Waals surface area (Å²) in [5, 5.41) is 0.0161. The van der Waals surface area contributed by atoms with E-state index in [0.29, 0.717) is 0 Å². The van der Waals surface area contributed by atoms with Crippen molar-refractivity contribution in [3.63, 3.8) is 0 Å². The third kappa shape index (κ3) is 3.11. The molecule has 2 nitrogen and oxygen atoms in total. The lowest BCUT2D eigenvalue weighted by atomic mass is 10.3. The second-order valence-corrected chi connectivity index (χ2v) is 4.60. The van der Waals surface area contributed by atoms with Gasteiger partial charge in [0.2, 0.25) is 0 Å². The summed E-state index contributed by atoms with van der Waals surface area (Å²) in [6.45, 7) is 0. The zero-order valence-electron chi connectivity index (χ0n) is 9.54. The van der Waals surface area contributed by atoms with Crippen LogP contribution in [-0.4, -0.2) is 12.3 Å². The molecule has 0 saturated heterocycles. The summed E-state index contributed by atoms with van der Waals surface area (Å²) in [6, 6.07) is 19.3. The number of hydrogen-bond donors (Lipinski definition) is 0. The van der Waals surface area contributed by atoms with Gasteiger partial charge in [0.05, 0.1) is 0 Å². The summed E-state index contributed by atoms with van der Waals surface area (Å²) in [5.74, 6) is 0. The normalized spacial score (nSPS) is 9.94. The second-order valence-electron chi connectivity index (χ2n) is 3.58. The first-order chi connectivity index (χ1) is 8.27. The molecule has 0 bridgehead atoms. The molecule has 0 spiro atoms. The molecule has 0 saturated carbocycles. The number of para-hydroxylation sites is 1. The van der Waals surface area contributed by atoms with Crippen molar-refractivity contribution >= 4 is 22.7 Å². The molecular weight excluding hydrogens is 230 g/mol. The first-order valence-electron chi connectivity index (χ1n) is 5.33. The summed E-state index contributed by atoms with van der Waals surface area (Å²) in [7, 11) is 1.79. The Balaban J connectivity index is 2.06. The van der Waals surface area contributed by atoms with E-state index in [1.807, 2.05) is 60.7 Å². The number of anilines is 1. The minimum absolute atomic E-state index is 0.0161. The monoisotopic (exact) mass is 243 g/mol. The van der Waals surface area contributed by atoms with Crippen molar-refractivity contribution in [3.8, 4) is 0 Å². The van der Waals surface area contributed by atoms with E-state index in [-0.39, 0.29) is 5.24 Å². The van der Waals surface area contributed by atoms with Crippen LogP contribution >= 0.6 is 11.8 Å². The van der Waals surface area contributed by atoms with E-state index in [9.17, 15) is 4.79 Å². The lowest BCUT2D eigenvalue weighted by Crippen LogP contribution is -2.21. The smallest absolute Gasteiger partial charge is 0.290 e. The van der Waals surface area contributed by atoms with Gasteiger partial charge in [-0.05, 0) is 36.0 Å². The molecular formula is C14H13NOS. The van der Waals surface area contributed by atoms with E-state index in [2.05, 4.69) is 0 Å². The molecule has 0 atom stereocenters. The maximum Gasteiger partial charge on any atom is 0.290 e. The molecule has 0 aliphatic heterocycles. The van der Waals surface area contributed by atoms with Gasteiger partial charge in [-0.1, -0.05) is 36.4 Å². The molecule has 0 fully saturated rings. The lowest BCUT2D eigenvalue weighted by molar-refractivity contribution is 0.266. The minimum atomic E-state index is 0.0161. The van der Waals surface area contributed by atoms with Crippen LogP contribution in [0.15, 0.2) is 65.6 Å². The molecule has 0 radical (unpaired) electrons. The van der Waals surface area contributed by atoms with Crippen LogP contribution in [0.25, 0.3) is 0 Å². The quantitative estimate of drug-likeness (QED) is 0.742. The molecule has 2 aromatic carbocycles. The van der Waals surface area contributed by atoms with E-state index >= 15 is 0 Å². The Labute approximate surface area is 105 Å². The highest BCUT2D eigenvalue weighted by molar-refractivity contribution is 8.13. The van der Waals surface area contributed by atoms with Crippen LogP contribution in [-0.2, 0) is 0 Å². The zero-order valence-corrected chi connectivity index (χ0v) is 10.4. The van der Waals surface area contributed by atoms with Gasteiger partial charge in [0, 0.05) is 17.6 Å². The predicted octanol–water partition coefficient (Wildman–Crippen LogP) is 4.04. The minimum Gasteiger partial charge on any atom is -0.306 e. The fourth-order valence-electron chi connectivity index (χ4n) is 1.41. The first-order valence-corrected chi connectivity index (χ1v) is 6.14. The van der Waals surface area contributed by atoms with E-state index < -0.39 is 0 Å². The number of rotatable bonds is 2. The highest BCUT2D eigenvalue weighted by Gasteiger charge is 2.11. The van der Waals surface area contributed by atoms with Crippen LogP contribution in [0.4, 0.5) is 10.5 Å². The molecule has 0 heterocycles. The molecule has 17 heavy (non-hydrogen) atoms. The van der Waals surface area contributed by atoms with Crippen molar-refractivity contribution in [1.29, 1.82) is 0 Å². The number of thioether (sulfide) groups is 1. The van der Waals surface area contributed by atoms with Crippen LogP contribution < -0.4 is 4.90 Å². The molecule has 3 heteroatoms. The predicted molar refractivity (Wildman–Crippen MR) is 72.5 cm³/mol. The highest BCUT2D eigenvalue weighted by atomic mass is 32.2. The van der Waals surface area contributed by atoms with Crippen LogP contribution in [0.3, 0.4) is 0 Å². The third-order valence-electron chi connectivity index (χ3n) is 2.37. The Morgan fingerprint density at radius 1 is 0.941 bits per heavy atom. The Morgan fingerprint density at radius 2 is 1.47 bits per heavy atom. The Bertz CT molecular complexity index is 484. The number of amides is 1. The van der Waals surface area contributed by atoms with Gasteiger partial charge in [-0.2, -0.15) is 0 Å². The van der Waals surface area contributed by atoms with E-state index in [1.165, 1.54) is 11.8 Å². The number of nitrogens with zero attached hydrogens (tertiary/aromatic N) is 1. The second kappa shape index (κ2) is 5.55. The molecule has 0 aliphatic rings. The number of hydrogen-bond acceptors (Lipinski definition) is 2. The summed E-state index contributed by atoms with van der Waals surface area (Å²) >= 11 is 1.23. The van der Waals surface area contributed by atoms with E-state index in [4.69, 9.17) is 0 Å². The molecule has 1 amide bonds. The molecule has 2 rings (SSSR count). The Kier molecular flexibility index (Phi) is 3.83. The summed E-state index contributed by atoms with van der Waals surface area (Å²) < 4.78 is 0. The van der Waals surface area contributed by atoms with Gasteiger partial charge in [0.15, 0.2) is 0 Å². The van der Waals surface area contributed by atoms with Crippen molar-refractivity contribution in [1.82, 2.24) is 0 Å². The Morgan fingerprint density at radius 3 is 2.06 bits per heavy atom. The number of carbonyl (C=O) groups excluding carboxylic acids is 1. The topological polar surface area (TPSA) is 20.3 Å². The summed E-state index contributed by atoms with van der Waals surface area (Å²) in [5.41, 5.74) is 0.904. The number of carbonyl (C=O) groups is 1.